The van der Waals surface area contributed by atoms with Gasteiger partial charge in [0.15, 0.2) is 0 Å². The van der Waals surface area contributed by atoms with Gasteiger partial charge < -0.3 is 0 Å². The van der Waals surface area contributed by atoms with E-state index in [0.29, 0.717) is 18.0 Å². The number of nitrogens with zero attached hydrogens (tertiary/aromatic N) is 2. The van der Waals surface area contributed by atoms with E-state index < -0.39 is 10.0 Å². The fourth-order valence-corrected chi connectivity index (χ4v) is 4.71. The highest BCUT2D eigenvalue weighted by molar-refractivity contribution is 7.98. The van der Waals surface area contributed by atoms with Gasteiger partial charge in [-0.05, 0) is 36.1 Å². The van der Waals surface area contributed by atoms with Crippen LogP contribution in [0.1, 0.15) is 5.56 Å². The Hall–Kier alpha value is -1.34. The van der Waals surface area contributed by atoms with E-state index in [2.05, 4.69) is 35.4 Å². The average molecular weight is 363 g/mol. The van der Waals surface area contributed by atoms with Gasteiger partial charge in [-0.25, -0.2) is 8.42 Å². The predicted octanol–water partition coefficient (Wildman–Crippen LogP) is 2.92. The minimum absolute atomic E-state index is 0.381. The highest BCUT2D eigenvalue weighted by Crippen LogP contribution is 2.19. The van der Waals surface area contributed by atoms with Crippen LogP contribution in [0.3, 0.4) is 0 Å². The summed E-state index contributed by atoms with van der Waals surface area (Å²) < 4.78 is 26.8. The van der Waals surface area contributed by atoms with E-state index in [1.165, 1.54) is 10.5 Å². The Labute approximate surface area is 148 Å². The maximum Gasteiger partial charge on any atom is 0.243 e. The van der Waals surface area contributed by atoms with Crippen molar-refractivity contribution in [3.05, 3.63) is 60.2 Å². The number of thioether (sulfide) groups is 1. The van der Waals surface area contributed by atoms with E-state index >= 15 is 0 Å². The summed E-state index contributed by atoms with van der Waals surface area (Å²) in [5.41, 5.74) is 1.27. The monoisotopic (exact) mass is 362 g/mol. The molecule has 0 N–H and O–H groups in total. The Morgan fingerprint density at radius 2 is 1.54 bits per heavy atom. The van der Waals surface area contributed by atoms with Crippen LogP contribution in [-0.4, -0.2) is 50.1 Å². The molecule has 0 unspecified atom stereocenters. The molecule has 1 heterocycles. The van der Waals surface area contributed by atoms with E-state index in [1.54, 1.807) is 40.3 Å². The molecule has 1 fully saturated rings. The van der Waals surface area contributed by atoms with Gasteiger partial charge in [-0.1, -0.05) is 30.3 Å². The van der Waals surface area contributed by atoms with Crippen LogP contribution >= 0.6 is 11.8 Å². The first kappa shape index (κ1) is 17.5. The van der Waals surface area contributed by atoms with Crippen LogP contribution in [0.4, 0.5) is 0 Å². The van der Waals surface area contributed by atoms with Crippen LogP contribution in [0.2, 0.25) is 0 Å². The van der Waals surface area contributed by atoms with Gasteiger partial charge in [-0.15, -0.1) is 11.8 Å². The first-order chi connectivity index (χ1) is 11.6. The summed E-state index contributed by atoms with van der Waals surface area (Å²) in [4.78, 5) is 3.95. The molecular formula is C18H22N2O2S2. The summed E-state index contributed by atoms with van der Waals surface area (Å²) in [6.45, 7) is 3.47. The second kappa shape index (κ2) is 7.70. The maximum atomic E-state index is 12.6. The molecule has 6 heteroatoms. The van der Waals surface area contributed by atoms with Crippen LogP contribution in [-0.2, 0) is 16.6 Å². The van der Waals surface area contributed by atoms with Crippen molar-refractivity contribution in [2.45, 2.75) is 16.3 Å². The average Bonchev–Trinajstić information content (AvgIpc) is 2.63. The molecule has 0 radical (unpaired) electrons. The van der Waals surface area contributed by atoms with Crippen molar-refractivity contribution in [1.82, 2.24) is 9.21 Å². The number of piperazine rings is 1. The molecule has 0 saturated carbocycles. The Morgan fingerprint density at radius 1 is 0.917 bits per heavy atom. The van der Waals surface area contributed by atoms with Gasteiger partial charge in [0, 0.05) is 37.6 Å². The van der Waals surface area contributed by atoms with Crippen LogP contribution in [0, 0.1) is 0 Å². The molecule has 0 amide bonds. The van der Waals surface area contributed by atoms with Gasteiger partial charge in [0.25, 0.3) is 0 Å². The highest BCUT2D eigenvalue weighted by Gasteiger charge is 2.28. The van der Waals surface area contributed by atoms with Gasteiger partial charge in [-0.3, -0.25) is 4.90 Å². The topological polar surface area (TPSA) is 40.6 Å². The van der Waals surface area contributed by atoms with E-state index in [4.69, 9.17) is 0 Å². The minimum Gasteiger partial charge on any atom is -0.296 e. The quantitative estimate of drug-likeness (QED) is 0.767. The SMILES string of the molecule is CSc1ccc(CN2CCN(S(=O)(=O)c3ccccc3)CC2)cc1. The molecule has 24 heavy (non-hydrogen) atoms. The molecule has 3 rings (SSSR count). The van der Waals surface area contributed by atoms with Gasteiger partial charge in [0.1, 0.15) is 0 Å². The summed E-state index contributed by atoms with van der Waals surface area (Å²) in [6.07, 6.45) is 2.07. The number of rotatable bonds is 5. The van der Waals surface area contributed by atoms with Crippen molar-refractivity contribution >= 4 is 21.8 Å². The Kier molecular flexibility index (Phi) is 5.61. The summed E-state index contributed by atoms with van der Waals surface area (Å²) in [5, 5.41) is 0. The fraction of sp³-hybridized carbons (Fsp3) is 0.333. The molecule has 0 atom stereocenters. The second-order valence-electron chi connectivity index (χ2n) is 5.84. The van der Waals surface area contributed by atoms with E-state index in [0.717, 1.165) is 19.6 Å². The van der Waals surface area contributed by atoms with Crippen LogP contribution in [0.5, 0.6) is 0 Å². The first-order valence-corrected chi connectivity index (χ1v) is 10.7. The zero-order valence-electron chi connectivity index (χ0n) is 13.8. The third kappa shape index (κ3) is 4.00. The summed E-state index contributed by atoms with van der Waals surface area (Å²) in [6, 6.07) is 17.3. The smallest absolute Gasteiger partial charge is 0.243 e. The molecule has 1 saturated heterocycles. The lowest BCUT2D eigenvalue weighted by atomic mass is 10.2. The van der Waals surface area contributed by atoms with Crippen molar-refractivity contribution < 1.29 is 8.42 Å². The molecule has 0 spiro atoms. The minimum atomic E-state index is -3.36. The molecule has 0 aliphatic carbocycles. The molecule has 2 aromatic carbocycles. The van der Waals surface area contributed by atoms with Crippen molar-refractivity contribution in [2.75, 3.05) is 32.4 Å². The molecular weight excluding hydrogens is 340 g/mol. The van der Waals surface area contributed by atoms with Gasteiger partial charge >= 0.3 is 0 Å². The molecule has 128 valence electrons. The number of hydrogen-bond acceptors (Lipinski definition) is 4. The lowest BCUT2D eigenvalue weighted by Crippen LogP contribution is -2.48. The van der Waals surface area contributed by atoms with Gasteiger partial charge in [-0.2, -0.15) is 4.31 Å². The third-order valence-electron chi connectivity index (χ3n) is 4.28. The lowest BCUT2D eigenvalue weighted by molar-refractivity contribution is 0.181. The Bertz CT molecular complexity index is 753. The van der Waals surface area contributed by atoms with Gasteiger partial charge in [0.2, 0.25) is 10.0 Å². The highest BCUT2D eigenvalue weighted by atomic mass is 32.2. The molecule has 1 aliphatic rings. The molecule has 0 aromatic heterocycles. The Morgan fingerprint density at radius 3 is 2.12 bits per heavy atom. The van der Waals surface area contributed by atoms with E-state index in [1.807, 2.05) is 6.07 Å². The van der Waals surface area contributed by atoms with E-state index in [9.17, 15) is 8.42 Å². The molecule has 2 aromatic rings. The molecule has 4 nitrogen and oxygen atoms in total. The number of hydrogen-bond donors (Lipinski definition) is 0. The van der Waals surface area contributed by atoms with E-state index in [-0.39, 0.29) is 0 Å². The second-order valence-corrected chi connectivity index (χ2v) is 8.66. The normalized spacial score (nSPS) is 17.0. The van der Waals surface area contributed by atoms with Crippen LogP contribution in [0.25, 0.3) is 0 Å². The lowest BCUT2D eigenvalue weighted by Gasteiger charge is -2.34. The van der Waals surface area contributed by atoms with Crippen molar-refractivity contribution in [1.29, 1.82) is 0 Å². The largest absolute Gasteiger partial charge is 0.296 e. The fourth-order valence-electron chi connectivity index (χ4n) is 2.86. The summed E-state index contributed by atoms with van der Waals surface area (Å²) >= 11 is 1.74. The standard InChI is InChI=1S/C18H22N2O2S2/c1-23-17-9-7-16(8-10-17)15-19-11-13-20(14-12-19)24(21,22)18-5-3-2-4-6-18/h2-10H,11-15H2,1H3. The number of sulfonamides is 1. The maximum absolute atomic E-state index is 12.6. The van der Waals surface area contributed by atoms with Gasteiger partial charge in [0.05, 0.1) is 4.90 Å². The number of benzene rings is 2. The summed E-state index contributed by atoms with van der Waals surface area (Å²) in [5.74, 6) is 0. The zero-order valence-corrected chi connectivity index (χ0v) is 15.4. The molecule has 0 bridgehead atoms. The van der Waals surface area contributed by atoms with Crippen LogP contribution < -0.4 is 0 Å². The zero-order chi connectivity index (χ0) is 17.0. The van der Waals surface area contributed by atoms with Crippen molar-refractivity contribution in [3.8, 4) is 0 Å². The van der Waals surface area contributed by atoms with Crippen molar-refractivity contribution in [2.24, 2.45) is 0 Å². The predicted molar refractivity (Wildman–Crippen MR) is 98.7 cm³/mol. The first-order valence-electron chi connectivity index (χ1n) is 8.00. The Balaban J connectivity index is 1.59. The third-order valence-corrected chi connectivity index (χ3v) is 6.93. The summed E-state index contributed by atoms with van der Waals surface area (Å²) in [7, 11) is -3.36. The van der Waals surface area contributed by atoms with Crippen molar-refractivity contribution in [3.63, 3.8) is 0 Å². The van der Waals surface area contributed by atoms with Crippen LogP contribution in [0.15, 0.2) is 64.4 Å². The molecule has 1 aliphatic heterocycles.